The summed E-state index contributed by atoms with van der Waals surface area (Å²) in [5.41, 5.74) is 3.13. The van der Waals surface area contributed by atoms with Gasteiger partial charge >= 0.3 is 0 Å². The second-order valence-electron chi connectivity index (χ2n) is 6.19. The van der Waals surface area contributed by atoms with Crippen LogP contribution in [0.15, 0.2) is 24.3 Å². The van der Waals surface area contributed by atoms with Crippen LogP contribution in [0.3, 0.4) is 0 Å². The van der Waals surface area contributed by atoms with Crippen molar-refractivity contribution in [3.05, 3.63) is 35.4 Å². The minimum Gasteiger partial charge on any atom is -0.310 e. The highest BCUT2D eigenvalue weighted by Gasteiger charge is 2.26. The van der Waals surface area contributed by atoms with E-state index < -0.39 is 0 Å². The van der Waals surface area contributed by atoms with Crippen LogP contribution < -0.4 is 5.32 Å². The monoisotopic (exact) mass is 243 g/mol. The summed E-state index contributed by atoms with van der Waals surface area (Å²) >= 11 is 0. The summed E-state index contributed by atoms with van der Waals surface area (Å²) < 4.78 is 0. The van der Waals surface area contributed by atoms with Crippen molar-refractivity contribution in [2.24, 2.45) is 5.92 Å². The first-order valence-electron chi connectivity index (χ1n) is 7.66. The molecule has 2 aliphatic rings. The number of rotatable bonds is 5. The van der Waals surface area contributed by atoms with E-state index in [1.807, 2.05) is 0 Å². The molecule has 3 rings (SSSR count). The quantitative estimate of drug-likeness (QED) is 0.816. The molecule has 0 spiro atoms. The van der Waals surface area contributed by atoms with Gasteiger partial charge in [0.15, 0.2) is 0 Å². The average molecular weight is 243 g/mol. The van der Waals surface area contributed by atoms with Gasteiger partial charge in [-0.05, 0) is 55.6 Å². The summed E-state index contributed by atoms with van der Waals surface area (Å²) in [6.07, 6.45) is 8.53. The maximum atomic E-state index is 3.76. The first kappa shape index (κ1) is 12.2. The highest BCUT2D eigenvalue weighted by molar-refractivity contribution is 5.33. The molecule has 0 heterocycles. The largest absolute Gasteiger partial charge is 0.310 e. The van der Waals surface area contributed by atoms with Gasteiger partial charge in [0.05, 0.1) is 0 Å². The van der Waals surface area contributed by atoms with Crippen LogP contribution in [0.1, 0.15) is 62.5 Å². The van der Waals surface area contributed by atoms with Gasteiger partial charge < -0.3 is 5.32 Å². The van der Waals surface area contributed by atoms with Crippen LogP contribution >= 0.6 is 0 Å². The lowest BCUT2D eigenvalue weighted by Crippen LogP contribution is -2.32. The number of benzene rings is 1. The van der Waals surface area contributed by atoms with Gasteiger partial charge in [-0.1, -0.05) is 37.1 Å². The highest BCUT2D eigenvalue weighted by Crippen LogP contribution is 2.41. The second kappa shape index (κ2) is 5.44. The molecule has 0 bridgehead atoms. The van der Waals surface area contributed by atoms with Gasteiger partial charge in [-0.3, -0.25) is 0 Å². The highest BCUT2D eigenvalue weighted by atomic mass is 14.9. The van der Waals surface area contributed by atoms with E-state index in [-0.39, 0.29) is 0 Å². The Labute approximate surface area is 111 Å². The number of hydrogen-bond donors (Lipinski definition) is 1. The first-order valence-corrected chi connectivity index (χ1v) is 7.66. The SMILES string of the molecule is CC(NCc1ccccc1C1CC1)C1CCCC1. The lowest BCUT2D eigenvalue weighted by atomic mass is 9.98. The van der Waals surface area contributed by atoms with Crippen molar-refractivity contribution in [3.63, 3.8) is 0 Å². The van der Waals surface area contributed by atoms with Gasteiger partial charge in [0, 0.05) is 12.6 Å². The molecule has 1 N–H and O–H groups in total. The molecular formula is C17H25N. The molecule has 0 saturated heterocycles. The first-order chi connectivity index (χ1) is 8.84. The van der Waals surface area contributed by atoms with Crippen molar-refractivity contribution in [1.82, 2.24) is 5.32 Å². The topological polar surface area (TPSA) is 12.0 Å². The average Bonchev–Trinajstić information content (AvgIpc) is 3.10. The molecule has 1 heteroatoms. The molecule has 1 unspecified atom stereocenters. The van der Waals surface area contributed by atoms with Crippen LogP contribution in [0.25, 0.3) is 0 Å². The minimum atomic E-state index is 0.680. The van der Waals surface area contributed by atoms with E-state index in [1.165, 1.54) is 44.1 Å². The number of nitrogens with one attached hydrogen (secondary N) is 1. The van der Waals surface area contributed by atoms with Crippen LogP contribution in [-0.2, 0) is 6.54 Å². The van der Waals surface area contributed by atoms with Crippen molar-refractivity contribution >= 4 is 0 Å². The Balaban J connectivity index is 1.58. The molecule has 2 aliphatic carbocycles. The predicted octanol–water partition coefficient (Wildman–Crippen LogP) is 4.23. The fourth-order valence-corrected chi connectivity index (χ4v) is 3.38. The van der Waals surface area contributed by atoms with E-state index in [1.54, 1.807) is 5.56 Å². The van der Waals surface area contributed by atoms with Gasteiger partial charge in [0.1, 0.15) is 0 Å². The summed E-state index contributed by atoms with van der Waals surface area (Å²) in [6, 6.07) is 9.69. The molecule has 1 nitrogen and oxygen atoms in total. The maximum absolute atomic E-state index is 3.76. The number of hydrogen-bond acceptors (Lipinski definition) is 1. The molecule has 2 fully saturated rings. The molecule has 0 aliphatic heterocycles. The third kappa shape index (κ3) is 2.77. The van der Waals surface area contributed by atoms with Gasteiger partial charge in [-0.15, -0.1) is 0 Å². The van der Waals surface area contributed by atoms with E-state index in [0.717, 1.165) is 18.4 Å². The Morgan fingerprint density at radius 3 is 2.56 bits per heavy atom. The van der Waals surface area contributed by atoms with Gasteiger partial charge in [0.2, 0.25) is 0 Å². The summed E-state index contributed by atoms with van der Waals surface area (Å²) in [4.78, 5) is 0. The fourth-order valence-electron chi connectivity index (χ4n) is 3.38. The standard InChI is InChI=1S/C17H25N/c1-13(14-6-2-3-7-14)18-12-16-8-4-5-9-17(16)15-10-11-15/h4-5,8-9,13-15,18H,2-3,6-7,10-12H2,1H3. The van der Waals surface area contributed by atoms with Crippen molar-refractivity contribution < 1.29 is 0 Å². The normalized spacial score (nSPS) is 22.3. The van der Waals surface area contributed by atoms with E-state index in [2.05, 4.69) is 36.5 Å². The summed E-state index contributed by atoms with van der Waals surface area (Å²) in [5, 5.41) is 3.76. The zero-order valence-corrected chi connectivity index (χ0v) is 11.5. The molecule has 98 valence electrons. The van der Waals surface area contributed by atoms with Crippen LogP contribution in [0.2, 0.25) is 0 Å². The molecule has 2 saturated carbocycles. The van der Waals surface area contributed by atoms with E-state index in [0.29, 0.717) is 6.04 Å². The zero-order chi connectivity index (χ0) is 12.4. The van der Waals surface area contributed by atoms with Crippen LogP contribution in [0, 0.1) is 5.92 Å². The van der Waals surface area contributed by atoms with Crippen LogP contribution in [-0.4, -0.2) is 6.04 Å². The summed E-state index contributed by atoms with van der Waals surface area (Å²) in [5.74, 6) is 1.78. The Morgan fingerprint density at radius 2 is 1.83 bits per heavy atom. The minimum absolute atomic E-state index is 0.680. The van der Waals surface area contributed by atoms with Crippen LogP contribution in [0.5, 0.6) is 0 Å². The molecule has 1 atom stereocenters. The molecule has 18 heavy (non-hydrogen) atoms. The molecule has 0 amide bonds. The van der Waals surface area contributed by atoms with Crippen molar-refractivity contribution in [2.45, 2.75) is 64.0 Å². The zero-order valence-electron chi connectivity index (χ0n) is 11.5. The van der Waals surface area contributed by atoms with Gasteiger partial charge in [-0.25, -0.2) is 0 Å². The Hall–Kier alpha value is -0.820. The van der Waals surface area contributed by atoms with Crippen molar-refractivity contribution in [2.75, 3.05) is 0 Å². The van der Waals surface area contributed by atoms with E-state index >= 15 is 0 Å². The van der Waals surface area contributed by atoms with Gasteiger partial charge in [0.25, 0.3) is 0 Å². The second-order valence-corrected chi connectivity index (χ2v) is 6.19. The molecular weight excluding hydrogens is 218 g/mol. The van der Waals surface area contributed by atoms with E-state index in [9.17, 15) is 0 Å². The van der Waals surface area contributed by atoms with Gasteiger partial charge in [-0.2, -0.15) is 0 Å². The molecule has 0 aromatic heterocycles. The fraction of sp³-hybridized carbons (Fsp3) is 0.647. The molecule has 0 radical (unpaired) electrons. The van der Waals surface area contributed by atoms with Crippen molar-refractivity contribution in [3.8, 4) is 0 Å². The Morgan fingerprint density at radius 1 is 1.11 bits per heavy atom. The Bertz CT molecular complexity index is 388. The Kier molecular flexibility index (Phi) is 3.69. The summed E-state index contributed by atoms with van der Waals surface area (Å²) in [7, 11) is 0. The van der Waals surface area contributed by atoms with Crippen LogP contribution in [0.4, 0.5) is 0 Å². The van der Waals surface area contributed by atoms with Crippen molar-refractivity contribution in [1.29, 1.82) is 0 Å². The predicted molar refractivity (Wildman–Crippen MR) is 76.7 cm³/mol. The maximum Gasteiger partial charge on any atom is 0.0210 e. The summed E-state index contributed by atoms with van der Waals surface area (Å²) in [6.45, 7) is 3.43. The third-order valence-electron chi connectivity index (χ3n) is 4.79. The third-order valence-corrected chi connectivity index (χ3v) is 4.79. The van der Waals surface area contributed by atoms with E-state index in [4.69, 9.17) is 0 Å². The lowest BCUT2D eigenvalue weighted by molar-refractivity contribution is 0.380. The molecule has 1 aromatic rings. The smallest absolute Gasteiger partial charge is 0.0210 e. The lowest BCUT2D eigenvalue weighted by Gasteiger charge is -2.21. The molecule has 1 aromatic carbocycles.